The first kappa shape index (κ1) is 18.9. The molecule has 0 spiro atoms. The maximum Gasteiger partial charge on any atom is 0.321 e. The molecule has 3 N–H and O–H groups in total. The van der Waals surface area contributed by atoms with Crippen LogP contribution >= 0.6 is 18.1 Å². The molecular formula is C12H25N2O5PS. The van der Waals surface area contributed by atoms with Crippen LogP contribution in [0.5, 0.6) is 0 Å². The minimum absolute atomic E-state index is 0.0895. The van der Waals surface area contributed by atoms with Crippen LogP contribution in [0.1, 0.15) is 20.3 Å². The molecular weight excluding hydrogens is 315 g/mol. The monoisotopic (exact) mass is 340 g/mol. The molecule has 1 aliphatic heterocycles. The Kier molecular flexibility index (Phi) is 7.67. The second kappa shape index (κ2) is 8.50. The van der Waals surface area contributed by atoms with Crippen LogP contribution in [0.3, 0.4) is 0 Å². The van der Waals surface area contributed by atoms with E-state index in [1.165, 1.54) is 0 Å². The lowest BCUT2D eigenvalue weighted by atomic mass is 9.89. The van der Waals surface area contributed by atoms with Crippen molar-refractivity contribution in [2.24, 2.45) is 10.9 Å². The molecule has 9 heteroatoms. The zero-order valence-electron chi connectivity index (χ0n) is 12.6. The van der Waals surface area contributed by atoms with E-state index in [-0.39, 0.29) is 18.3 Å². The van der Waals surface area contributed by atoms with Crippen molar-refractivity contribution in [2.45, 2.75) is 20.3 Å². The zero-order valence-corrected chi connectivity index (χ0v) is 14.3. The first-order valence-corrected chi connectivity index (χ1v) is 10.3. The topological polar surface area (TPSA) is 102 Å². The molecule has 1 aliphatic rings. The number of esters is 1. The predicted molar refractivity (Wildman–Crippen MR) is 83.1 cm³/mol. The summed E-state index contributed by atoms with van der Waals surface area (Å²) in [5, 5.41) is 0. The van der Waals surface area contributed by atoms with Gasteiger partial charge in [0.1, 0.15) is 6.61 Å². The van der Waals surface area contributed by atoms with Crippen LogP contribution in [0.15, 0.2) is 0 Å². The van der Waals surface area contributed by atoms with Crippen molar-refractivity contribution in [2.75, 3.05) is 45.2 Å². The predicted octanol–water partition coefficient (Wildman–Crippen LogP) is 1.07. The second-order valence-corrected chi connectivity index (χ2v) is 9.76. The average Bonchev–Trinajstić information content (AvgIpc) is 2.41. The minimum atomic E-state index is -3.59. The van der Waals surface area contributed by atoms with Crippen molar-refractivity contribution in [3.63, 3.8) is 0 Å². The lowest BCUT2D eigenvalue weighted by Gasteiger charge is -2.30. The Morgan fingerprint density at radius 2 is 2.10 bits per heavy atom. The fourth-order valence-corrected chi connectivity index (χ4v) is 3.29. The summed E-state index contributed by atoms with van der Waals surface area (Å²) in [4.78, 5) is 23.2. The molecule has 1 saturated heterocycles. The second-order valence-electron chi connectivity index (χ2n) is 5.62. The number of carbonyl (C=O) groups excluding carboxylic acids is 1. The van der Waals surface area contributed by atoms with E-state index in [4.69, 9.17) is 19.9 Å². The summed E-state index contributed by atoms with van der Waals surface area (Å²) in [5.41, 5.74) is 4.41. The van der Waals surface area contributed by atoms with Gasteiger partial charge in [-0.3, -0.25) is 19.8 Å². The lowest BCUT2D eigenvalue weighted by Crippen LogP contribution is -2.39. The van der Waals surface area contributed by atoms with Gasteiger partial charge in [0.05, 0.1) is 18.6 Å². The Bertz CT molecular complexity index is 382. The van der Waals surface area contributed by atoms with Gasteiger partial charge in [-0.05, 0) is 26.8 Å². The van der Waals surface area contributed by atoms with E-state index in [1.54, 1.807) is 0 Å². The van der Waals surface area contributed by atoms with Gasteiger partial charge in [-0.15, -0.1) is 0 Å². The third-order valence-corrected chi connectivity index (χ3v) is 5.68. The summed E-state index contributed by atoms with van der Waals surface area (Å²) >= 11 is 0.712. The standard InChI is InChI=1S/C12H25N2O5PS/c1-12(2,3-4-14-5-7-18-8-6-14)11(15)19-9-10-21-20(13,16)17/h3-10H2,1-2H3,(H3,13,16,17). The molecule has 1 heterocycles. The van der Waals surface area contributed by atoms with Crippen molar-refractivity contribution in [3.8, 4) is 0 Å². The molecule has 0 aliphatic carbocycles. The van der Waals surface area contributed by atoms with Gasteiger partial charge in [0.25, 0.3) is 0 Å². The van der Waals surface area contributed by atoms with Crippen molar-refractivity contribution in [1.29, 1.82) is 0 Å². The van der Waals surface area contributed by atoms with E-state index >= 15 is 0 Å². The largest absolute Gasteiger partial charge is 0.464 e. The Morgan fingerprint density at radius 1 is 1.48 bits per heavy atom. The van der Waals surface area contributed by atoms with E-state index in [9.17, 15) is 9.36 Å². The van der Waals surface area contributed by atoms with Crippen LogP contribution in [0.4, 0.5) is 0 Å². The van der Waals surface area contributed by atoms with E-state index in [0.29, 0.717) is 17.8 Å². The van der Waals surface area contributed by atoms with Crippen LogP contribution in [0.2, 0.25) is 0 Å². The molecule has 21 heavy (non-hydrogen) atoms. The van der Waals surface area contributed by atoms with Crippen LogP contribution in [-0.4, -0.2) is 61.0 Å². The first-order valence-electron chi connectivity index (χ1n) is 6.94. The molecule has 0 aromatic rings. The van der Waals surface area contributed by atoms with Gasteiger partial charge in [0, 0.05) is 18.8 Å². The van der Waals surface area contributed by atoms with Gasteiger partial charge in [-0.2, -0.15) is 0 Å². The third kappa shape index (κ3) is 8.18. The number of nitrogens with two attached hydrogens (primary N) is 1. The van der Waals surface area contributed by atoms with Gasteiger partial charge < -0.3 is 14.4 Å². The number of nitrogens with zero attached hydrogens (tertiary/aromatic N) is 1. The summed E-state index contributed by atoms with van der Waals surface area (Å²) in [5.74, 6) is -0.0728. The molecule has 0 radical (unpaired) electrons. The first-order chi connectivity index (χ1) is 9.71. The van der Waals surface area contributed by atoms with Crippen molar-refractivity contribution >= 4 is 24.1 Å². The fraction of sp³-hybridized carbons (Fsp3) is 0.917. The molecule has 0 saturated carbocycles. The quantitative estimate of drug-likeness (QED) is 0.384. The molecule has 1 atom stereocenters. The summed E-state index contributed by atoms with van der Waals surface area (Å²) in [6, 6.07) is 0. The lowest BCUT2D eigenvalue weighted by molar-refractivity contribution is -0.153. The van der Waals surface area contributed by atoms with E-state index in [1.807, 2.05) is 13.8 Å². The van der Waals surface area contributed by atoms with E-state index < -0.39 is 12.1 Å². The fourth-order valence-electron chi connectivity index (χ4n) is 1.86. The Hall–Kier alpha value is -0.110. The Balaban J connectivity index is 2.25. The van der Waals surface area contributed by atoms with Crippen molar-refractivity contribution in [3.05, 3.63) is 0 Å². The maximum absolute atomic E-state index is 12.0. The maximum atomic E-state index is 12.0. The van der Waals surface area contributed by atoms with E-state index in [0.717, 1.165) is 32.8 Å². The highest BCUT2D eigenvalue weighted by atomic mass is 32.7. The van der Waals surface area contributed by atoms with Crippen LogP contribution < -0.4 is 5.50 Å². The normalized spacial score (nSPS) is 20.0. The van der Waals surface area contributed by atoms with Gasteiger partial charge >= 0.3 is 12.7 Å². The van der Waals surface area contributed by atoms with E-state index in [2.05, 4.69) is 4.90 Å². The summed E-state index contributed by atoms with van der Waals surface area (Å²) in [6.45, 7) is 4.29. The van der Waals surface area contributed by atoms with Crippen molar-refractivity contribution in [1.82, 2.24) is 4.90 Å². The number of ether oxygens (including phenoxy) is 2. The molecule has 1 fully saturated rings. The highest BCUT2D eigenvalue weighted by molar-refractivity contribution is 8.55. The molecule has 1 unspecified atom stereocenters. The smallest absolute Gasteiger partial charge is 0.321 e. The summed E-state index contributed by atoms with van der Waals surface area (Å²) in [7, 11) is 0. The minimum Gasteiger partial charge on any atom is -0.464 e. The van der Waals surface area contributed by atoms with Crippen LogP contribution in [0.25, 0.3) is 0 Å². The van der Waals surface area contributed by atoms with Gasteiger partial charge in [0.15, 0.2) is 0 Å². The highest BCUT2D eigenvalue weighted by Crippen LogP contribution is 2.46. The number of morpholine rings is 1. The molecule has 0 bridgehead atoms. The Morgan fingerprint density at radius 3 is 2.67 bits per heavy atom. The average molecular weight is 340 g/mol. The number of rotatable bonds is 8. The number of hydrogen-bond acceptors (Lipinski definition) is 6. The number of carbonyl (C=O) groups is 1. The zero-order chi connectivity index (χ0) is 15.9. The van der Waals surface area contributed by atoms with Crippen LogP contribution in [0, 0.1) is 5.41 Å². The molecule has 0 aromatic heterocycles. The molecule has 0 aromatic carbocycles. The number of hydrogen-bond donors (Lipinski definition) is 2. The van der Waals surface area contributed by atoms with Gasteiger partial charge in [-0.25, -0.2) is 0 Å². The SMILES string of the molecule is CC(C)(CCN1CCOCC1)C(=O)OCCSP(N)(=O)O. The van der Waals surface area contributed by atoms with Gasteiger partial charge in [-0.1, -0.05) is 11.4 Å². The van der Waals surface area contributed by atoms with Crippen molar-refractivity contribution < 1.29 is 23.7 Å². The van der Waals surface area contributed by atoms with Gasteiger partial charge in [0.2, 0.25) is 0 Å². The Labute approximate surface area is 129 Å². The molecule has 1 rings (SSSR count). The molecule has 124 valence electrons. The molecule has 0 amide bonds. The van der Waals surface area contributed by atoms with Crippen LogP contribution in [-0.2, 0) is 18.8 Å². The summed E-state index contributed by atoms with van der Waals surface area (Å²) < 4.78 is 21.3. The third-order valence-electron chi connectivity index (χ3n) is 3.30. The summed E-state index contributed by atoms with van der Waals surface area (Å²) in [6.07, 6.45) is 0.703. The highest BCUT2D eigenvalue weighted by Gasteiger charge is 2.30. The molecule has 7 nitrogen and oxygen atoms in total.